The first-order valence-corrected chi connectivity index (χ1v) is 5.17. The van der Waals surface area contributed by atoms with E-state index >= 15 is 0 Å². The summed E-state index contributed by atoms with van der Waals surface area (Å²) in [6, 6.07) is 2.86. The maximum Gasteiger partial charge on any atom is 0.268 e. The van der Waals surface area contributed by atoms with Crippen LogP contribution in [0.3, 0.4) is 0 Å². The molecule has 0 aliphatic heterocycles. The summed E-state index contributed by atoms with van der Waals surface area (Å²) < 4.78 is 24.1. The number of hydroxylamine groups is 1. The third-order valence-electron chi connectivity index (χ3n) is 1.67. The van der Waals surface area contributed by atoms with Crippen LogP contribution in [0.15, 0.2) is 23.2 Å². The quantitative estimate of drug-likeness (QED) is 0.711. The fraction of sp³-hybridized carbons (Fsp3) is 0.286. The van der Waals surface area contributed by atoms with Gasteiger partial charge in [-0.1, -0.05) is 4.47 Å². The van der Waals surface area contributed by atoms with E-state index in [2.05, 4.69) is 9.82 Å². The average Bonchev–Trinajstić information content (AvgIpc) is 2.17. The molecule has 78 valence electrons. The number of sulfonamides is 1. The summed E-state index contributed by atoms with van der Waals surface area (Å²) >= 11 is 0. The van der Waals surface area contributed by atoms with Gasteiger partial charge >= 0.3 is 0 Å². The molecule has 0 amide bonds. The van der Waals surface area contributed by atoms with E-state index in [-0.39, 0.29) is 10.7 Å². The Labute approximate surface area is 82.3 Å². The SMILES string of the molecule is CON(C)S(=O)(=O)c1cccnc1N. The first kappa shape index (κ1) is 10.9. The molecule has 0 radical (unpaired) electrons. The molecule has 0 spiro atoms. The normalized spacial score (nSPS) is 11.9. The van der Waals surface area contributed by atoms with Crippen LogP contribution in [-0.2, 0) is 14.9 Å². The Morgan fingerprint density at radius 3 is 2.71 bits per heavy atom. The Kier molecular flexibility index (Phi) is 3.04. The van der Waals surface area contributed by atoms with Crippen molar-refractivity contribution >= 4 is 15.8 Å². The molecule has 1 aromatic heterocycles. The van der Waals surface area contributed by atoms with Gasteiger partial charge in [-0.15, -0.1) is 0 Å². The molecular weight excluding hydrogens is 206 g/mol. The van der Waals surface area contributed by atoms with Gasteiger partial charge in [0.15, 0.2) is 0 Å². The van der Waals surface area contributed by atoms with Crippen molar-refractivity contribution in [2.45, 2.75) is 4.90 Å². The van der Waals surface area contributed by atoms with Crippen LogP contribution in [0.25, 0.3) is 0 Å². The summed E-state index contributed by atoms with van der Waals surface area (Å²) in [7, 11) is -1.16. The van der Waals surface area contributed by atoms with Gasteiger partial charge in [0.05, 0.1) is 7.11 Å². The van der Waals surface area contributed by atoms with Crippen LogP contribution in [0.1, 0.15) is 0 Å². The second-order valence-corrected chi connectivity index (χ2v) is 4.39. The van der Waals surface area contributed by atoms with Crippen molar-refractivity contribution in [3.05, 3.63) is 18.3 Å². The highest BCUT2D eigenvalue weighted by Crippen LogP contribution is 2.18. The van der Waals surface area contributed by atoms with Gasteiger partial charge in [0, 0.05) is 13.2 Å². The highest BCUT2D eigenvalue weighted by molar-refractivity contribution is 7.89. The molecule has 7 heteroatoms. The molecule has 1 rings (SSSR count). The Morgan fingerprint density at radius 2 is 2.21 bits per heavy atom. The van der Waals surface area contributed by atoms with Gasteiger partial charge in [-0.2, -0.15) is 0 Å². The van der Waals surface area contributed by atoms with Gasteiger partial charge in [-0.25, -0.2) is 13.4 Å². The summed E-state index contributed by atoms with van der Waals surface area (Å²) in [5.74, 6) is -0.0450. The van der Waals surface area contributed by atoms with Crippen molar-refractivity contribution in [3.63, 3.8) is 0 Å². The standard InChI is InChI=1S/C7H11N3O3S/c1-10(13-2)14(11,12)6-4-3-5-9-7(6)8/h3-5H,1-2H3,(H2,8,9). The van der Waals surface area contributed by atoms with Crippen molar-refractivity contribution in [1.82, 2.24) is 9.45 Å². The van der Waals surface area contributed by atoms with Crippen LogP contribution < -0.4 is 5.73 Å². The Hall–Kier alpha value is -1.18. The summed E-state index contributed by atoms with van der Waals surface area (Å²) in [6.45, 7) is 0. The van der Waals surface area contributed by atoms with E-state index in [0.717, 1.165) is 4.47 Å². The van der Waals surface area contributed by atoms with E-state index in [1.807, 2.05) is 0 Å². The molecule has 0 bridgehead atoms. The first-order chi connectivity index (χ1) is 6.50. The zero-order valence-corrected chi connectivity index (χ0v) is 8.65. The summed E-state index contributed by atoms with van der Waals surface area (Å²) in [5.41, 5.74) is 5.43. The van der Waals surface area contributed by atoms with Crippen molar-refractivity contribution in [2.24, 2.45) is 0 Å². The molecular formula is C7H11N3O3S. The van der Waals surface area contributed by atoms with Gasteiger partial charge < -0.3 is 5.73 Å². The van der Waals surface area contributed by atoms with Crippen LogP contribution in [-0.4, -0.2) is 32.0 Å². The number of anilines is 1. The number of aromatic nitrogens is 1. The minimum atomic E-state index is -3.70. The van der Waals surface area contributed by atoms with Gasteiger partial charge in [-0.05, 0) is 12.1 Å². The number of hydrogen-bond acceptors (Lipinski definition) is 5. The lowest BCUT2D eigenvalue weighted by Crippen LogP contribution is -2.26. The number of pyridine rings is 1. The fourth-order valence-electron chi connectivity index (χ4n) is 0.858. The van der Waals surface area contributed by atoms with Crippen molar-refractivity contribution in [2.75, 3.05) is 19.9 Å². The molecule has 2 N–H and O–H groups in total. The third-order valence-corrected chi connectivity index (χ3v) is 3.40. The molecule has 0 aliphatic carbocycles. The molecule has 0 fully saturated rings. The molecule has 0 saturated heterocycles. The van der Waals surface area contributed by atoms with E-state index < -0.39 is 10.0 Å². The maximum absolute atomic E-state index is 11.7. The molecule has 14 heavy (non-hydrogen) atoms. The number of nitrogens with two attached hydrogens (primary N) is 1. The summed E-state index contributed by atoms with van der Waals surface area (Å²) in [6.07, 6.45) is 1.42. The van der Waals surface area contributed by atoms with Gasteiger partial charge in [-0.3, -0.25) is 4.84 Å². The average molecular weight is 217 g/mol. The number of rotatable bonds is 3. The van der Waals surface area contributed by atoms with Gasteiger partial charge in [0.2, 0.25) is 0 Å². The Balaban J connectivity index is 3.24. The van der Waals surface area contributed by atoms with Gasteiger partial charge in [0.1, 0.15) is 10.7 Å². The van der Waals surface area contributed by atoms with Gasteiger partial charge in [0.25, 0.3) is 10.0 Å². The zero-order chi connectivity index (χ0) is 10.8. The van der Waals surface area contributed by atoms with E-state index in [0.29, 0.717) is 0 Å². The lowest BCUT2D eigenvalue weighted by atomic mass is 10.5. The van der Waals surface area contributed by atoms with Crippen LogP contribution in [0.2, 0.25) is 0 Å². The van der Waals surface area contributed by atoms with E-state index in [1.165, 1.54) is 32.5 Å². The second kappa shape index (κ2) is 3.91. The summed E-state index contributed by atoms with van der Waals surface area (Å²) in [5, 5.41) is 0. The molecule has 0 atom stereocenters. The van der Waals surface area contributed by atoms with E-state index in [9.17, 15) is 8.42 Å². The lowest BCUT2D eigenvalue weighted by Gasteiger charge is -2.14. The smallest absolute Gasteiger partial charge is 0.268 e. The van der Waals surface area contributed by atoms with E-state index in [1.54, 1.807) is 0 Å². The van der Waals surface area contributed by atoms with Crippen LogP contribution in [0, 0.1) is 0 Å². The number of nitrogen functional groups attached to an aromatic ring is 1. The molecule has 0 unspecified atom stereocenters. The Morgan fingerprint density at radius 1 is 1.57 bits per heavy atom. The maximum atomic E-state index is 11.7. The van der Waals surface area contributed by atoms with Crippen molar-refractivity contribution in [1.29, 1.82) is 0 Å². The number of hydrogen-bond donors (Lipinski definition) is 1. The third kappa shape index (κ3) is 1.84. The second-order valence-electron chi connectivity index (χ2n) is 2.48. The molecule has 0 aliphatic rings. The molecule has 0 aromatic carbocycles. The highest BCUT2D eigenvalue weighted by Gasteiger charge is 2.23. The monoisotopic (exact) mass is 217 g/mol. The van der Waals surface area contributed by atoms with E-state index in [4.69, 9.17) is 5.73 Å². The number of nitrogens with zero attached hydrogens (tertiary/aromatic N) is 2. The highest BCUT2D eigenvalue weighted by atomic mass is 32.2. The minimum Gasteiger partial charge on any atom is -0.383 e. The zero-order valence-electron chi connectivity index (χ0n) is 7.84. The Bertz CT molecular complexity index is 418. The topological polar surface area (TPSA) is 85.5 Å². The summed E-state index contributed by atoms with van der Waals surface area (Å²) in [4.78, 5) is 8.20. The predicted molar refractivity (Wildman–Crippen MR) is 50.6 cm³/mol. The fourth-order valence-corrected chi connectivity index (χ4v) is 1.90. The minimum absolute atomic E-state index is 0.0450. The van der Waals surface area contributed by atoms with Crippen molar-refractivity contribution < 1.29 is 13.3 Å². The lowest BCUT2D eigenvalue weighted by molar-refractivity contribution is -0.0258. The van der Waals surface area contributed by atoms with Crippen molar-refractivity contribution in [3.8, 4) is 0 Å². The molecule has 1 heterocycles. The first-order valence-electron chi connectivity index (χ1n) is 3.73. The van der Waals surface area contributed by atoms with Crippen LogP contribution in [0.4, 0.5) is 5.82 Å². The molecule has 1 aromatic rings. The van der Waals surface area contributed by atoms with Crippen LogP contribution >= 0.6 is 0 Å². The van der Waals surface area contributed by atoms with Crippen LogP contribution in [0.5, 0.6) is 0 Å². The molecule has 6 nitrogen and oxygen atoms in total. The predicted octanol–water partition coefficient (Wildman–Crippen LogP) is -0.154. The molecule has 0 saturated carbocycles. The largest absolute Gasteiger partial charge is 0.383 e.